The topological polar surface area (TPSA) is 55.8 Å². The zero-order chi connectivity index (χ0) is 12.8. The van der Waals surface area contributed by atoms with E-state index in [1.165, 1.54) is 0 Å². The van der Waals surface area contributed by atoms with E-state index in [4.69, 9.17) is 9.47 Å². The van der Waals surface area contributed by atoms with Crippen LogP contribution in [0.3, 0.4) is 0 Å². The average molecular weight is 248 g/mol. The smallest absolute Gasteiger partial charge is 0.314 e. The predicted octanol–water partition coefficient (Wildman–Crippen LogP) is 2.35. The minimum Gasteiger partial charge on any atom is -0.493 e. The van der Waals surface area contributed by atoms with Crippen LogP contribution in [0.4, 0.5) is 0 Å². The first kappa shape index (κ1) is 11.4. The van der Waals surface area contributed by atoms with Crippen LogP contribution in [0.1, 0.15) is 31.2 Å². The molecule has 0 aromatic heterocycles. The van der Waals surface area contributed by atoms with Gasteiger partial charge in [0.15, 0.2) is 11.5 Å². The maximum absolute atomic E-state index is 11.3. The number of carboxylic acid groups (broad SMARTS) is 1. The van der Waals surface area contributed by atoms with Gasteiger partial charge in [0.05, 0.1) is 18.6 Å². The average Bonchev–Trinajstić information content (AvgIpc) is 3.23. The molecule has 0 aliphatic heterocycles. The van der Waals surface area contributed by atoms with Gasteiger partial charge in [0.25, 0.3) is 0 Å². The highest BCUT2D eigenvalue weighted by atomic mass is 16.5. The van der Waals surface area contributed by atoms with Crippen molar-refractivity contribution in [3.63, 3.8) is 0 Å². The molecular formula is C14H16O4. The molecule has 2 aliphatic rings. The van der Waals surface area contributed by atoms with Gasteiger partial charge in [-0.2, -0.15) is 0 Å². The lowest BCUT2D eigenvalue weighted by atomic mass is 9.96. The van der Waals surface area contributed by atoms with Crippen molar-refractivity contribution in [3.05, 3.63) is 23.8 Å². The number of hydrogen-bond donors (Lipinski definition) is 1. The number of hydrogen-bond acceptors (Lipinski definition) is 3. The number of benzene rings is 1. The summed E-state index contributed by atoms with van der Waals surface area (Å²) in [6.45, 7) is 0. The Morgan fingerprint density at radius 1 is 1.33 bits per heavy atom. The second kappa shape index (κ2) is 3.90. The Morgan fingerprint density at radius 3 is 2.56 bits per heavy atom. The molecule has 18 heavy (non-hydrogen) atoms. The molecule has 1 aromatic carbocycles. The zero-order valence-electron chi connectivity index (χ0n) is 10.3. The minimum atomic E-state index is -0.745. The van der Waals surface area contributed by atoms with E-state index in [9.17, 15) is 9.90 Å². The molecule has 2 saturated carbocycles. The van der Waals surface area contributed by atoms with Crippen LogP contribution < -0.4 is 9.47 Å². The van der Waals surface area contributed by atoms with Crippen molar-refractivity contribution < 1.29 is 19.4 Å². The Morgan fingerprint density at radius 2 is 2.06 bits per heavy atom. The highest BCUT2D eigenvalue weighted by Crippen LogP contribution is 2.50. The van der Waals surface area contributed by atoms with Crippen molar-refractivity contribution in [1.29, 1.82) is 0 Å². The lowest BCUT2D eigenvalue weighted by Crippen LogP contribution is -2.19. The van der Waals surface area contributed by atoms with Crippen molar-refractivity contribution in [2.75, 3.05) is 7.11 Å². The minimum absolute atomic E-state index is 0.272. The summed E-state index contributed by atoms with van der Waals surface area (Å²) in [6.07, 6.45) is 3.82. The summed E-state index contributed by atoms with van der Waals surface area (Å²) in [4.78, 5) is 11.3. The molecule has 0 unspecified atom stereocenters. The van der Waals surface area contributed by atoms with E-state index in [-0.39, 0.29) is 6.10 Å². The second-order valence-corrected chi connectivity index (χ2v) is 5.07. The van der Waals surface area contributed by atoms with Crippen molar-refractivity contribution in [1.82, 2.24) is 0 Å². The summed E-state index contributed by atoms with van der Waals surface area (Å²) in [6, 6.07) is 5.47. The van der Waals surface area contributed by atoms with Crippen LogP contribution in [0.25, 0.3) is 0 Å². The summed E-state index contributed by atoms with van der Waals surface area (Å²) < 4.78 is 11.0. The van der Waals surface area contributed by atoms with Crippen LogP contribution in [-0.4, -0.2) is 24.3 Å². The van der Waals surface area contributed by atoms with Gasteiger partial charge >= 0.3 is 5.97 Å². The molecule has 0 heterocycles. The SMILES string of the molecule is COc1ccc(C2(C(=O)O)CC2)cc1OC1CC1. The monoisotopic (exact) mass is 248 g/mol. The van der Waals surface area contributed by atoms with Gasteiger partial charge in [-0.15, -0.1) is 0 Å². The van der Waals surface area contributed by atoms with E-state index in [2.05, 4.69) is 0 Å². The predicted molar refractivity (Wildman–Crippen MR) is 65.2 cm³/mol. The van der Waals surface area contributed by atoms with Crippen LogP contribution >= 0.6 is 0 Å². The van der Waals surface area contributed by atoms with Gasteiger partial charge in [0, 0.05) is 0 Å². The van der Waals surface area contributed by atoms with E-state index < -0.39 is 11.4 Å². The molecule has 1 N–H and O–H groups in total. The van der Waals surface area contributed by atoms with Gasteiger partial charge in [-0.1, -0.05) is 6.07 Å². The van der Waals surface area contributed by atoms with Gasteiger partial charge in [0.1, 0.15) is 0 Å². The summed E-state index contributed by atoms with van der Waals surface area (Å²) >= 11 is 0. The molecule has 3 rings (SSSR count). The molecule has 4 nitrogen and oxygen atoms in total. The number of methoxy groups -OCH3 is 1. The normalized spacial score (nSPS) is 20.3. The van der Waals surface area contributed by atoms with E-state index in [0.717, 1.165) is 18.4 Å². The van der Waals surface area contributed by atoms with E-state index >= 15 is 0 Å². The molecule has 2 aliphatic carbocycles. The van der Waals surface area contributed by atoms with Crippen LogP contribution in [0.15, 0.2) is 18.2 Å². The van der Waals surface area contributed by atoms with Crippen LogP contribution in [-0.2, 0) is 10.2 Å². The lowest BCUT2D eigenvalue weighted by molar-refractivity contribution is -0.140. The standard InChI is InChI=1S/C14H16O4/c1-17-11-5-2-9(14(6-7-14)13(15)16)8-12(11)18-10-3-4-10/h2,5,8,10H,3-4,6-7H2,1H3,(H,15,16). The fourth-order valence-corrected chi connectivity index (χ4v) is 2.18. The van der Waals surface area contributed by atoms with Crippen molar-refractivity contribution >= 4 is 5.97 Å². The highest BCUT2D eigenvalue weighted by molar-refractivity contribution is 5.85. The first-order valence-electron chi connectivity index (χ1n) is 6.24. The van der Waals surface area contributed by atoms with Crippen LogP contribution in [0.2, 0.25) is 0 Å². The lowest BCUT2D eigenvalue weighted by Gasteiger charge is -2.15. The second-order valence-electron chi connectivity index (χ2n) is 5.07. The maximum atomic E-state index is 11.3. The molecule has 1 aromatic rings. The van der Waals surface area contributed by atoms with Gasteiger partial charge in [-0.05, 0) is 43.4 Å². The third-order valence-corrected chi connectivity index (χ3v) is 3.69. The Labute approximate surface area is 106 Å². The fraction of sp³-hybridized carbons (Fsp3) is 0.500. The molecular weight excluding hydrogens is 232 g/mol. The molecule has 0 spiro atoms. The number of carboxylic acids is 1. The van der Waals surface area contributed by atoms with Crippen molar-refractivity contribution in [3.8, 4) is 11.5 Å². The Bertz CT molecular complexity index is 487. The van der Waals surface area contributed by atoms with Gasteiger partial charge in [-0.3, -0.25) is 4.79 Å². The quantitative estimate of drug-likeness (QED) is 0.869. The van der Waals surface area contributed by atoms with Gasteiger partial charge in [-0.25, -0.2) is 0 Å². The molecule has 2 fully saturated rings. The first-order chi connectivity index (χ1) is 8.65. The number of carbonyl (C=O) groups is 1. The molecule has 0 saturated heterocycles. The highest BCUT2D eigenvalue weighted by Gasteiger charge is 2.52. The Kier molecular flexibility index (Phi) is 2.47. The first-order valence-corrected chi connectivity index (χ1v) is 6.24. The molecule has 0 radical (unpaired) electrons. The largest absolute Gasteiger partial charge is 0.493 e. The third-order valence-electron chi connectivity index (χ3n) is 3.69. The summed E-state index contributed by atoms with van der Waals surface area (Å²) in [5.41, 5.74) is 0.139. The Hall–Kier alpha value is -1.71. The third kappa shape index (κ3) is 1.82. The van der Waals surface area contributed by atoms with Crippen LogP contribution in [0, 0.1) is 0 Å². The number of rotatable bonds is 5. The summed E-state index contributed by atoms with van der Waals surface area (Å²) in [5, 5.41) is 9.30. The van der Waals surface area contributed by atoms with Crippen LogP contribution in [0.5, 0.6) is 11.5 Å². The van der Waals surface area contributed by atoms with Gasteiger partial charge < -0.3 is 14.6 Å². The van der Waals surface area contributed by atoms with Crippen molar-refractivity contribution in [2.24, 2.45) is 0 Å². The number of ether oxygens (including phenoxy) is 2. The van der Waals surface area contributed by atoms with Crippen molar-refractivity contribution in [2.45, 2.75) is 37.2 Å². The van der Waals surface area contributed by atoms with Gasteiger partial charge in [0.2, 0.25) is 0 Å². The molecule has 0 atom stereocenters. The molecule has 96 valence electrons. The van der Waals surface area contributed by atoms with E-state index in [0.29, 0.717) is 24.3 Å². The Balaban J connectivity index is 1.94. The van der Waals surface area contributed by atoms with E-state index in [1.807, 2.05) is 12.1 Å². The van der Waals surface area contributed by atoms with E-state index in [1.54, 1.807) is 13.2 Å². The number of aliphatic carboxylic acids is 1. The summed E-state index contributed by atoms with van der Waals surface area (Å²) in [7, 11) is 1.60. The molecule has 4 heteroatoms. The fourth-order valence-electron chi connectivity index (χ4n) is 2.18. The zero-order valence-corrected chi connectivity index (χ0v) is 10.3. The molecule has 0 bridgehead atoms. The molecule has 0 amide bonds. The maximum Gasteiger partial charge on any atom is 0.314 e. The summed E-state index contributed by atoms with van der Waals surface area (Å²) in [5.74, 6) is 0.599.